The molecule has 0 N–H and O–H groups in total. The van der Waals surface area contributed by atoms with Gasteiger partial charge in [-0.25, -0.2) is 0 Å². The lowest BCUT2D eigenvalue weighted by atomic mass is 9.75. The number of amides is 1. The molecule has 8 heteroatoms. The van der Waals surface area contributed by atoms with E-state index in [1.165, 1.54) is 7.11 Å². The van der Waals surface area contributed by atoms with Gasteiger partial charge < -0.3 is 19.1 Å². The second-order valence-electron chi connectivity index (χ2n) is 6.36. The van der Waals surface area contributed by atoms with Crippen molar-refractivity contribution in [3.63, 3.8) is 0 Å². The van der Waals surface area contributed by atoms with Crippen LogP contribution in [0, 0.1) is 11.8 Å². The zero-order chi connectivity index (χ0) is 18.8. The monoisotopic (exact) mass is 425 g/mol. The van der Waals surface area contributed by atoms with Crippen LogP contribution in [0.15, 0.2) is 22.7 Å². The summed E-state index contributed by atoms with van der Waals surface area (Å²) in [6.07, 6.45) is 0. The highest BCUT2D eigenvalue weighted by Crippen LogP contribution is 2.44. The lowest BCUT2D eigenvalue weighted by Gasteiger charge is -2.37. The van der Waals surface area contributed by atoms with Gasteiger partial charge >= 0.3 is 11.9 Å². The fourth-order valence-corrected chi connectivity index (χ4v) is 3.87. The molecule has 0 radical (unpaired) electrons. The summed E-state index contributed by atoms with van der Waals surface area (Å²) in [7, 11) is 1.29. The molecular weight excluding hydrogens is 406 g/mol. The minimum Gasteiger partial charge on any atom is -0.469 e. The van der Waals surface area contributed by atoms with Gasteiger partial charge in [0, 0.05) is 29.0 Å². The summed E-state index contributed by atoms with van der Waals surface area (Å²) >= 11 is 3.40. The third kappa shape index (κ3) is 3.48. The first-order chi connectivity index (χ1) is 12.4. The summed E-state index contributed by atoms with van der Waals surface area (Å²) < 4.78 is 16.3. The Morgan fingerprint density at radius 1 is 1.31 bits per heavy atom. The Bertz CT molecular complexity index is 730. The first kappa shape index (κ1) is 18.8. The molecule has 3 atom stereocenters. The molecule has 0 bridgehead atoms. The summed E-state index contributed by atoms with van der Waals surface area (Å²) in [5.74, 6) is -3.53. The van der Waals surface area contributed by atoms with Crippen molar-refractivity contribution in [1.82, 2.24) is 4.90 Å². The number of fused-ring (bicyclic) bond motifs is 1. The fourth-order valence-electron chi connectivity index (χ4n) is 3.50. The zero-order valence-corrected chi connectivity index (χ0v) is 16.2. The van der Waals surface area contributed by atoms with Crippen LogP contribution in [0.2, 0.25) is 0 Å². The molecule has 1 aromatic carbocycles. The maximum atomic E-state index is 13.1. The molecular formula is C18H20BrNO6. The van der Waals surface area contributed by atoms with Crippen molar-refractivity contribution >= 4 is 33.8 Å². The van der Waals surface area contributed by atoms with E-state index in [0.29, 0.717) is 37.6 Å². The molecule has 140 valence electrons. The lowest BCUT2D eigenvalue weighted by molar-refractivity contribution is -0.157. The molecule has 2 aliphatic rings. The molecule has 26 heavy (non-hydrogen) atoms. The van der Waals surface area contributed by atoms with Crippen molar-refractivity contribution in [2.45, 2.75) is 12.8 Å². The van der Waals surface area contributed by atoms with Crippen molar-refractivity contribution < 1.29 is 28.6 Å². The second-order valence-corrected chi connectivity index (χ2v) is 7.27. The third-order valence-corrected chi connectivity index (χ3v) is 5.35. The number of ether oxygens (including phenoxy) is 3. The molecule has 1 fully saturated rings. The van der Waals surface area contributed by atoms with E-state index in [0.717, 1.165) is 4.47 Å². The molecule has 2 aliphatic heterocycles. The van der Waals surface area contributed by atoms with Crippen molar-refractivity contribution in [2.24, 2.45) is 11.8 Å². The molecule has 3 rings (SSSR count). The highest BCUT2D eigenvalue weighted by molar-refractivity contribution is 9.10. The quantitative estimate of drug-likeness (QED) is 0.416. The normalized spacial score (nSPS) is 23.7. The number of morpholine rings is 1. The predicted molar refractivity (Wildman–Crippen MR) is 94.6 cm³/mol. The Morgan fingerprint density at radius 3 is 2.65 bits per heavy atom. The summed E-state index contributed by atoms with van der Waals surface area (Å²) in [5.41, 5.74) is 0.642. The van der Waals surface area contributed by atoms with Gasteiger partial charge in [0.25, 0.3) is 0 Å². The summed E-state index contributed by atoms with van der Waals surface area (Å²) in [5, 5.41) is 0. The first-order valence-electron chi connectivity index (χ1n) is 8.39. The van der Waals surface area contributed by atoms with Crippen LogP contribution in [0.25, 0.3) is 0 Å². The molecule has 2 heterocycles. The number of nitrogens with zero attached hydrogens (tertiary/aromatic N) is 1. The summed E-state index contributed by atoms with van der Waals surface area (Å²) in [4.78, 5) is 39.6. The summed E-state index contributed by atoms with van der Waals surface area (Å²) in [6, 6.07) is 5.19. The van der Waals surface area contributed by atoms with E-state index in [1.54, 1.807) is 30.0 Å². The minimum absolute atomic E-state index is 0.343. The van der Waals surface area contributed by atoms with Gasteiger partial charge in [0.2, 0.25) is 5.91 Å². The molecule has 1 aromatic rings. The number of hydrogen-bond donors (Lipinski definition) is 0. The second kappa shape index (κ2) is 7.75. The van der Waals surface area contributed by atoms with Crippen molar-refractivity contribution in [1.29, 1.82) is 0 Å². The van der Waals surface area contributed by atoms with Crippen LogP contribution < -0.4 is 4.74 Å². The van der Waals surface area contributed by atoms with Crippen molar-refractivity contribution in [3.05, 3.63) is 28.2 Å². The number of halogens is 1. The topological polar surface area (TPSA) is 82.1 Å². The van der Waals surface area contributed by atoms with Crippen LogP contribution in [-0.4, -0.2) is 56.2 Å². The molecule has 0 unspecified atom stereocenters. The van der Waals surface area contributed by atoms with Gasteiger partial charge in [0.15, 0.2) is 0 Å². The number of methoxy groups -OCH3 is 1. The SMILES string of the molecule is COC(=O)[C@@H](C)[C@H]1c2cc(Br)ccc2OC(=O)[C@@H]1C(=O)N1CCOCC1. The average molecular weight is 426 g/mol. The standard InChI is InChI=1S/C18H20BrNO6/c1-10(17(22)24-2)14-12-9-11(19)3-4-13(12)26-18(23)15(14)16(21)20-5-7-25-8-6-20/h3-4,9-10,14-15H,5-8H2,1-2H3/t10-,14-,15-/m0/s1. The third-order valence-electron chi connectivity index (χ3n) is 4.86. The molecule has 7 nitrogen and oxygen atoms in total. The zero-order valence-electron chi connectivity index (χ0n) is 14.6. The molecule has 0 spiro atoms. The Labute approximate surface area is 159 Å². The van der Waals surface area contributed by atoms with Gasteiger partial charge in [-0.05, 0) is 18.2 Å². The number of hydrogen-bond acceptors (Lipinski definition) is 6. The molecule has 0 saturated carbocycles. The van der Waals surface area contributed by atoms with Crippen molar-refractivity contribution in [3.8, 4) is 5.75 Å². The van der Waals surface area contributed by atoms with Crippen LogP contribution in [0.3, 0.4) is 0 Å². The Kier molecular flexibility index (Phi) is 5.62. The number of carbonyl (C=O) groups is 3. The number of esters is 2. The first-order valence-corrected chi connectivity index (χ1v) is 9.19. The molecule has 0 aliphatic carbocycles. The lowest BCUT2D eigenvalue weighted by Crippen LogP contribution is -2.50. The van der Waals surface area contributed by atoms with Gasteiger partial charge in [-0.2, -0.15) is 0 Å². The van der Waals surface area contributed by atoms with Gasteiger partial charge in [-0.15, -0.1) is 0 Å². The fraction of sp³-hybridized carbons (Fsp3) is 0.500. The minimum atomic E-state index is -1.09. The van der Waals surface area contributed by atoms with Gasteiger partial charge in [-0.3, -0.25) is 14.4 Å². The van der Waals surface area contributed by atoms with Crippen molar-refractivity contribution in [2.75, 3.05) is 33.4 Å². The Morgan fingerprint density at radius 2 is 2.00 bits per heavy atom. The van der Waals surface area contributed by atoms with E-state index in [-0.39, 0.29) is 5.91 Å². The van der Waals surface area contributed by atoms with Crippen LogP contribution in [0.4, 0.5) is 0 Å². The molecule has 1 saturated heterocycles. The Balaban J connectivity index is 2.03. The summed E-state index contributed by atoms with van der Waals surface area (Å²) in [6.45, 7) is 3.33. The maximum Gasteiger partial charge on any atom is 0.324 e. The van der Waals surface area contributed by atoms with Gasteiger partial charge in [0.1, 0.15) is 11.7 Å². The van der Waals surface area contributed by atoms with E-state index >= 15 is 0 Å². The van der Waals surface area contributed by atoms with Crippen LogP contribution >= 0.6 is 15.9 Å². The van der Waals surface area contributed by atoms with E-state index in [4.69, 9.17) is 14.2 Å². The van der Waals surface area contributed by atoms with Gasteiger partial charge in [-0.1, -0.05) is 22.9 Å². The molecule has 1 amide bonds. The smallest absolute Gasteiger partial charge is 0.324 e. The van der Waals surface area contributed by atoms with E-state index in [1.807, 2.05) is 0 Å². The highest BCUT2D eigenvalue weighted by atomic mass is 79.9. The predicted octanol–water partition coefficient (Wildman–Crippen LogP) is 1.74. The van der Waals surface area contributed by atoms with Gasteiger partial charge in [0.05, 0.1) is 26.2 Å². The maximum absolute atomic E-state index is 13.1. The number of benzene rings is 1. The Hall–Kier alpha value is -1.93. The van der Waals surface area contributed by atoms with Crippen LogP contribution in [-0.2, 0) is 23.9 Å². The number of rotatable bonds is 3. The van der Waals surface area contributed by atoms with Crippen LogP contribution in [0.1, 0.15) is 18.4 Å². The average Bonchev–Trinajstić information content (AvgIpc) is 2.66. The van der Waals surface area contributed by atoms with Crippen LogP contribution in [0.5, 0.6) is 5.75 Å². The molecule has 0 aromatic heterocycles. The highest BCUT2D eigenvalue weighted by Gasteiger charge is 2.48. The van der Waals surface area contributed by atoms with E-state index in [9.17, 15) is 14.4 Å². The largest absolute Gasteiger partial charge is 0.469 e. The number of carbonyl (C=O) groups excluding carboxylic acids is 3. The van der Waals surface area contributed by atoms with E-state index in [2.05, 4.69) is 15.9 Å². The van der Waals surface area contributed by atoms with E-state index < -0.39 is 29.7 Å².